The molecule has 2 unspecified atom stereocenters. The van der Waals surface area contributed by atoms with Crippen LogP contribution in [0, 0.1) is 0 Å². The third-order valence-corrected chi connectivity index (χ3v) is 1.06. The molecule has 0 aliphatic carbocycles. The minimum absolute atomic E-state index is 0.452. The quantitative estimate of drug-likeness (QED) is 0.530. The third-order valence-electron chi connectivity index (χ3n) is 1.06. The summed E-state index contributed by atoms with van der Waals surface area (Å²) in [4.78, 5) is 4.14. The second-order valence-corrected chi connectivity index (χ2v) is 2.05. The van der Waals surface area contributed by atoms with Crippen LogP contribution in [0.15, 0.2) is 0 Å². The largest absolute Gasteiger partial charge is 0.430 e. The summed E-state index contributed by atoms with van der Waals surface area (Å²) in [6.07, 6.45) is -6.66. The van der Waals surface area contributed by atoms with Crippen molar-refractivity contribution in [3.8, 4) is 0 Å². The van der Waals surface area contributed by atoms with Gasteiger partial charge in [0.1, 0.15) is 0 Å². The van der Waals surface area contributed by atoms with Crippen LogP contribution in [0.1, 0.15) is 6.92 Å². The van der Waals surface area contributed by atoms with E-state index in [1.54, 1.807) is 0 Å². The first-order valence-corrected chi connectivity index (χ1v) is 2.74. The molecule has 0 bridgehead atoms. The Balaban J connectivity index is 2.45. The standard InChI is InChI=1S/C4H7F3N2O/c1-2-8-3(10-9-2)4(5,6)7/h2-3,8-9H,1H3. The van der Waals surface area contributed by atoms with Crippen LogP contribution in [-0.2, 0) is 4.84 Å². The van der Waals surface area contributed by atoms with Gasteiger partial charge in [-0.2, -0.15) is 18.7 Å². The molecule has 2 atom stereocenters. The van der Waals surface area contributed by atoms with E-state index in [1.165, 1.54) is 6.92 Å². The van der Waals surface area contributed by atoms with Crippen LogP contribution in [0.2, 0.25) is 0 Å². The number of alkyl halides is 3. The molecule has 1 fully saturated rings. The van der Waals surface area contributed by atoms with Crippen molar-refractivity contribution < 1.29 is 18.0 Å². The van der Waals surface area contributed by atoms with Gasteiger partial charge in [-0.25, -0.2) is 0 Å². The minimum atomic E-state index is -4.34. The zero-order chi connectivity index (χ0) is 7.78. The number of hydrogen-bond donors (Lipinski definition) is 2. The molecular formula is C4H7F3N2O. The SMILES string of the molecule is CC1NOC(C(F)(F)F)N1. The highest BCUT2D eigenvalue weighted by Crippen LogP contribution is 2.22. The van der Waals surface area contributed by atoms with E-state index in [1.807, 2.05) is 0 Å². The monoisotopic (exact) mass is 156 g/mol. The topological polar surface area (TPSA) is 33.3 Å². The van der Waals surface area contributed by atoms with Gasteiger partial charge in [0.25, 0.3) is 0 Å². The van der Waals surface area contributed by atoms with E-state index in [2.05, 4.69) is 15.6 Å². The van der Waals surface area contributed by atoms with Gasteiger partial charge in [-0.3, -0.25) is 10.2 Å². The zero-order valence-electron chi connectivity index (χ0n) is 5.20. The van der Waals surface area contributed by atoms with E-state index in [4.69, 9.17) is 0 Å². The fourth-order valence-electron chi connectivity index (χ4n) is 0.627. The molecule has 10 heavy (non-hydrogen) atoms. The van der Waals surface area contributed by atoms with Crippen molar-refractivity contribution in [2.45, 2.75) is 25.5 Å². The molecule has 1 heterocycles. The smallest absolute Gasteiger partial charge is 0.272 e. The summed E-state index contributed by atoms with van der Waals surface area (Å²) in [6, 6.07) is 0. The van der Waals surface area contributed by atoms with Crippen molar-refractivity contribution >= 4 is 0 Å². The summed E-state index contributed by atoms with van der Waals surface area (Å²) in [5, 5.41) is 2.14. The molecule has 6 heteroatoms. The van der Waals surface area contributed by atoms with Gasteiger partial charge < -0.3 is 0 Å². The molecule has 60 valence electrons. The lowest BCUT2D eigenvalue weighted by Gasteiger charge is -2.11. The van der Waals surface area contributed by atoms with Gasteiger partial charge in [0.15, 0.2) is 0 Å². The highest BCUT2D eigenvalue weighted by atomic mass is 19.4. The van der Waals surface area contributed by atoms with Gasteiger partial charge in [0.2, 0.25) is 6.23 Å². The molecule has 1 rings (SSSR count). The number of hydroxylamine groups is 1. The van der Waals surface area contributed by atoms with E-state index < -0.39 is 18.6 Å². The van der Waals surface area contributed by atoms with Gasteiger partial charge in [-0.15, -0.1) is 0 Å². The predicted molar refractivity (Wildman–Crippen MR) is 26.7 cm³/mol. The van der Waals surface area contributed by atoms with Crippen LogP contribution in [0.3, 0.4) is 0 Å². The Hall–Kier alpha value is -0.330. The minimum Gasteiger partial charge on any atom is -0.272 e. The molecule has 0 saturated carbocycles. The lowest BCUT2D eigenvalue weighted by molar-refractivity contribution is -0.224. The zero-order valence-corrected chi connectivity index (χ0v) is 5.20. The van der Waals surface area contributed by atoms with Crippen molar-refractivity contribution in [2.75, 3.05) is 0 Å². The maximum Gasteiger partial charge on any atom is 0.430 e. The van der Waals surface area contributed by atoms with Crippen LogP contribution in [-0.4, -0.2) is 18.6 Å². The Morgan fingerprint density at radius 3 is 2.20 bits per heavy atom. The highest BCUT2D eigenvalue weighted by molar-refractivity contribution is 4.71. The fourth-order valence-corrected chi connectivity index (χ4v) is 0.627. The summed E-state index contributed by atoms with van der Waals surface area (Å²) >= 11 is 0. The van der Waals surface area contributed by atoms with Gasteiger partial charge in [0.05, 0.1) is 6.17 Å². The van der Waals surface area contributed by atoms with E-state index in [0.717, 1.165) is 0 Å². The van der Waals surface area contributed by atoms with Crippen molar-refractivity contribution in [2.24, 2.45) is 0 Å². The first kappa shape index (κ1) is 7.77. The summed E-state index contributed by atoms with van der Waals surface area (Å²) < 4.78 is 35.1. The van der Waals surface area contributed by atoms with Crippen LogP contribution in [0.25, 0.3) is 0 Å². The second kappa shape index (κ2) is 2.37. The summed E-state index contributed by atoms with van der Waals surface area (Å²) in [6.45, 7) is 1.53. The lowest BCUT2D eigenvalue weighted by atomic mass is 10.5. The van der Waals surface area contributed by atoms with Gasteiger partial charge in [0, 0.05) is 0 Å². The Labute approximate surface area is 55.5 Å². The molecule has 0 amide bonds. The van der Waals surface area contributed by atoms with Crippen LogP contribution >= 0.6 is 0 Å². The Morgan fingerprint density at radius 2 is 2.00 bits per heavy atom. The Kier molecular flexibility index (Phi) is 1.84. The normalized spacial score (nSPS) is 34.8. The molecule has 1 aliphatic rings. The van der Waals surface area contributed by atoms with E-state index >= 15 is 0 Å². The summed E-state index contributed by atoms with van der Waals surface area (Å²) in [5.41, 5.74) is 2.14. The van der Waals surface area contributed by atoms with E-state index in [-0.39, 0.29) is 0 Å². The molecule has 1 saturated heterocycles. The van der Waals surface area contributed by atoms with Crippen molar-refractivity contribution in [1.29, 1.82) is 0 Å². The summed E-state index contributed by atoms with van der Waals surface area (Å²) in [7, 11) is 0. The first-order valence-electron chi connectivity index (χ1n) is 2.74. The number of halogens is 3. The predicted octanol–water partition coefficient (Wildman–Crippen LogP) is 0.345. The lowest BCUT2D eigenvalue weighted by Crippen LogP contribution is -2.40. The molecule has 1 aliphatic heterocycles. The fraction of sp³-hybridized carbons (Fsp3) is 1.00. The Morgan fingerprint density at radius 1 is 1.40 bits per heavy atom. The highest BCUT2D eigenvalue weighted by Gasteiger charge is 2.44. The van der Waals surface area contributed by atoms with Crippen molar-refractivity contribution in [3.63, 3.8) is 0 Å². The molecule has 0 aromatic heterocycles. The van der Waals surface area contributed by atoms with Crippen LogP contribution < -0.4 is 10.8 Å². The molecule has 0 aromatic carbocycles. The third kappa shape index (κ3) is 1.59. The van der Waals surface area contributed by atoms with Crippen LogP contribution in [0.4, 0.5) is 13.2 Å². The maximum atomic E-state index is 11.7. The van der Waals surface area contributed by atoms with Crippen LogP contribution in [0.5, 0.6) is 0 Å². The van der Waals surface area contributed by atoms with Crippen molar-refractivity contribution in [3.05, 3.63) is 0 Å². The molecule has 2 N–H and O–H groups in total. The Bertz CT molecular complexity index is 126. The van der Waals surface area contributed by atoms with E-state index in [0.29, 0.717) is 0 Å². The first-order chi connectivity index (χ1) is 4.50. The molecule has 0 aromatic rings. The number of nitrogens with one attached hydrogen (secondary N) is 2. The summed E-state index contributed by atoms with van der Waals surface area (Å²) in [5.74, 6) is 0. The number of hydrogen-bond acceptors (Lipinski definition) is 3. The van der Waals surface area contributed by atoms with Gasteiger partial charge in [-0.05, 0) is 6.92 Å². The molecular weight excluding hydrogens is 149 g/mol. The molecule has 0 spiro atoms. The maximum absolute atomic E-state index is 11.7. The van der Waals surface area contributed by atoms with E-state index in [9.17, 15) is 13.2 Å². The molecule has 3 nitrogen and oxygen atoms in total. The van der Waals surface area contributed by atoms with Gasteiger partial charge >= 0.3 is 6.18 Å². The number of rotatable bonds is 0. The van der Waals surface area contributed by atoms with Gasteiger partial charge in [-0.1, -0.05) is 0 Å². The molecule has 0 radical (unpaired) electrons. The average molecular weight is 156 g/mol. The second-order valence-electron chi connectivity index (χ2n) is 2.05. The van der Waals surface area contributed by atoms with Crippen molar-refractivity contribution in [1.82, 2.24) is 10.8 Å². The average Bonchev–Trinajstić information content (AvgIpc) is 2.11.